The van der Waals surface area contributed by atoms with Gasteiger partial charge in [0.15, 0.2) is 0 Å². The third-order valence-corrected chi connectivity index (χ3v) is 1.74. The molecular weight excluding hydrogens is 170 g/mol. The Morgan fingerprint density at radius 3 is 2.64 bits per heavy atom. The summed E-state index contributed by atoms with van der Waals surface area (Å²) in [5, 5.41) is -0.0577. The van der Waals surface area contributed by atoms with E-state index in [2.05, 4.69) is 4.84 Å². The molecule has 6 heteroatoms. The molecule has 5 nitrogen and oxygen atoms in total. The molecule has 0 atom stereocenters. The van der Waals surface area contributed by atoms with Crippen molar-refractivity contribution in [2.75, 3.05) is 5.75 Å². The number of imide groups is 1. The Morgan fingerprint density at radius 2 is 2.27 bits per heavy atom. The Balaban J connectivity index is 2.62. The smallest absolute Gasteiger partial charge is 0.330 e. The first-order chi connectivity index (χ1) is 5.11. The van der Waals surface area contributed by atoms with E-state index in [0.717, 1.165) is 18.7 Å². The Bertz CT molecular complexity index is 211. The molecule has 0 bridgehead atoms. The normalized spacial score (nSPS) is 17.4. The summed E-state index contributed by atoms with van der Waals surface area (Å²) >= 11 is 0.816. The Morgan fingerprint density at radius 1 is 1.64 bits per heavy atom. The first-order valence-electron chi connectivity index (χ1n) is 2.79. The van der Waals surface area contributed by atoms with Crippen LogP contribution in [0.15, 0.2) is 0 Å². The van der Waals surface area contributed by atoms with Gasteiger partial charge in [-0.05, 0) is 0 Å². The van der Waals surface area contributed by atoms with Crippen LogP contribution in [0.5, 0.6) is 0 Å². The lowest BCUT2D eigenvalue weighted by atomic mass is 10.7. The molecule has 0 unspecified atom stereocenters. The van der Waals surface area contributed by atoms with Crippen molar-refractivity contribution in [3.63, 3.8) is 0 Å². The molecule has 2 amide bonds. The van der Waals surface area contributed by atoms with Crippen molar-refractivity contribution in [3.05, 3.63) is 0 Å². The summed E-state index contributed by atoms with van der Waals surface area (Å²) < 4.78 is 0. The maximum absolute atomic E-state index is 10.7. The van der Waals surface area contributed by atoms with Crippen LogP contribution in [0.2, 0.25) is 0 Å². The van der Waals surface area contributed by atoms with Gasteiger partial charge in [0, 0.05) is 6.92 Å². The van der Waals surface area contributed by atoms with Gasteiger partial charge in [-0.2, -0.15) is 0 Å². The number of hydroxylamine groups is 2. The summed E-state index contributed by atoms with van der Waals surface area (Å²) in [4.78, 5) is 36.1. The van der Waals surface area contributed by atoms with E-state index in [1.54, 1.807) is 0 Å². The van der Waals surface area contributed by atoms with Crippen LogP contribution in [0, 0.1) is 0 Å². The van der Waals surface area contributed by atoms with Gasteiger partial charge in [-0.15, -0.1) is 0 Å². The minimum Gasteiger partial charge on any atom is -0.330 e. The molecule has 1 aliphatic heterocycles. The molecule has 0 aromatic heterocycles. The number of hydrogen-bond donors (Lipinski definition) is 0. The summed E-state index contributed by atoms with van der Waals surface area (Å²) in [6.45, 7) is 1.13. The highest BCUT2D eigenvalue weighted by Gasteiger charge is 2.32. The molecule has 1 heterocycles. The molecule has 1 saturated heterocycles. The summed E-state index contributed by atoms with van der Waals surface area (Å²) in [6, 6.07) is 0. The quantitative estimate of drug-likeness (QED) is 0.568. The topological polar surface area (TPSA) is 63.7 Å². The zero-order chi connectivity index (χ0) is 8.43. The van der Waals surface area contributed by atoms with Crippen molar-refractivity contribution in [1.29, 1.82) is 0 Å². The average Bonchev–Trinajstić information content (AvgIpc) is 2.18. The molecule has 60 valence electrons. The Kier molecular flexibility index (Phi) is 2.13. The predicted octanol–water partition coefficient (Wildman–Crippen LogP) is 0.160. The van der Waals surface area contributed by atoms with Gasteiger partial charge in [0.1, 0.15) is 0 Å². The van der Waals surface area contributed by atoms with Crippen LogP contribution < -0.4 is 0 Å². The van der Waals surface area contributed by atoms with E-state index in [9.17, 15) is 14.4 Å². The molecule has 0 aromatic rings. The van der Waals surface area contributed by atoms with E-state index in [1.807, 2.05) is 0 Å². The minimum atomic E-state index is -0.672. The first-order valence-corrected chi connectivity index (χ1v) is 3.78. The summed E-state index contributed by atoms with van der Waals surface area (Å²) in [6.07, 6.45) is 0. The summed E-state index contributed by atoms with van der Waals surface area (Å²) in [7, 11) is 0. The SMILES string of the molecule is CC(=O)ON1C(=O)CSC1=O. The minimum absolute atomic E-state index is 0.0477. The van der Waals surface area contributed by atoms with Gasteiger partial charge >= 0.3 is 11.2 Å². The van der Waals surface area contributed by atoms with Crippen LogP contribution in [-0.4, -0.2) is 27.9 Å². The first kappa shape index (κ1) is 8.06. The standard InChI is InChI=1S/C5H5NO4S/c1-3(7)10-6-4(8)2-11-5(6)9/h2H2,1H3. The van der Waals surface area contributed by atoms with Crippen molar-refractivity contribution in [2.45, 2.75) is 6.92 Å². The van der Waals surface area contributed by atoms with Gasteiger partial charge in [-0.1, -0.05) is 16.8 Å². The van der Waals surface area contributed by atoms with Crippen molar-refractivity contribution in [3.8, 4) is 0 Å². The van der Waals surface area contributed by atoms with Crippen molar-refractivity contribution >= 4 is 28.9 Å². The number of nitrogens with zero attached hydrogens (tertiary/aromatic N) is 1. The molecular formula is C5H5NO4S. The average molecular weight is 175 g/mol. The molecule has 1 aliphatic rings. The summed E-state index contributed by atoms with van der Waals surface area (Å²) in [5.74, 6) is -1.11. The second-order valence-corrected chi connectivity index (χ2v) is 2.75. The lowest BCUT2D eigenvalue weighted by Gasteiger charge is -2.08. The van der Waals surface area contributed by atoms with Crippen LogP contribution in [-0.2, 0) is 14.4 Å². The fraction of sp³-hybridized carbons (Fsp3) is 0.400. The number of amides is 2. The van der Waals surface area contributed by atoms with Crippen molar-refractivity contribution in [2.24, 2.45) is 0 Å². The molecule has 1 fully saturated rings. The predicted molar refractivity (Wildman–Crippen MR) is 36.5 cm³/mol. The fourth-order valence-electron chi connectivity index (χ4n) is 0.559. The van der Waals surface area contributed by atoms with Gasteiger partial charge in [0.05, 0.1) is 5.75 Å². The number of carbonyl (C=O) groups excluding carboxylic acids is 3. The van der Waals surface area contributed by atoms with Crippen molar-refractivity contribution < 1.29 is 19.2 Å². The molecule has 1 rings (SSSR count). The van der Waals surface area contributed by atoms with E-state index in [-0.39, 0.29) is 5.75 Å². The highest BCUT2D eigenvalue weighted by Crippen LogP contribution is 2.18. The van der Waals surface area contributed by atoms with E-state index < -0.39 is 17.1 Å². The number of carbonyl (C=O) groups is 3. The molecule has 11 heavy (non-hydrogen) atoms. The molecule has 0 N–H and O–H groups in total. The van der Waals surface area contributed by atoms with E-state index >= 15 is 0 Å². The van der Waals surface area contributed by atoms with E-state index in [0.29, 0.717) is 5.06 Å². The number of rotatable bonds is 1. The largest absolute Gasteiger partial charge is 0.330 e. The maximum atomic E-state index is 10.7. The third kappa shape index (κ3) is 1.70. The third-order valence-electron chi connectivity index (χ3n) is 0.931. The highest BCUT2D eigenvalue weighted by atomic mass is 32.2. The maximum Gasteiger partial charge on any atom is 0.330 e. The zero-order valence-corrected chi connectivity index (χ0v) is 6.51. The molecule has 0 spiro atoms. The van der Waals surface area contributed by atoms with Crippen LogP contribution in [0.4, 0.5) is 4.79 Å². The van der Waals surface area contributed by atoms with Crippen molar-refractivity contribution in [1.82, 2.24) is 5.06 Å². The number of hydrogen-bond acceptors (Lipinski definition) is 5. The molecule has 0 radical (unpaired) electrons. The molecule has 0 aromatic carbocycles. The van der Waals surface area contributed by atoms with Crippen LogP contribution >= 0.6 is 11.8 Å². The highest BCUT2D eigenvalue weighted by molar-refractivity contribution is 8.14. The van der Waals surface area contributed by atoms with Gasteiger partial charge in [-0.25, -0.2) is 4.79 Å². The monoisotopic (exact) mass is 175 g/mol. The molecule has 0 aliphatic carbocycles. The number of thioether (sulfide) groups is 1. The lowest BCUT2D eigenvalue weighted by Crippen LogP contribution is -2.30. The van der Waals surface area contributed by atoms with Gasteiger partial charge in [-0.3, -0.25) is 9.59 Å². The van der Waals surface area contributed by atoms with Gasteiger partial charge < -0.3 is 4.84 Å². The Hall–Kier alpha value is -1.04. The fourth-order valence-corrected chi connectivity index (χ4v) is 1.18. The second-order valence-electron chi connectivity index (χ2n) is 1.83. The van der Waals surface area contributed by atoms with E-state index in [1.165, 1.54) is 0 Å². The Labute approximate surface area is 66.6 Å². The summed E-state index contributed by atoms with van der Waals surface area (Å²) in [5.41, 5.74) is 0. The van der Waals surface area contributed by atoms with Gasteiger partial charge in [0.25, 0.3) is 5.91 Å². The van der Waals surface area contributed by atoms with E-state index in [4.69, 9.17) is 0 Å². The van der Waals surface area contributed by atoms with Crippen LogP contribution in [0.25, 0.3) is 0 Å². The molecule has 0 saturated carbocycles. The van der Waals surface area contributed by atoms with Crippen LogP contribution in [0.1, 0.15) is 6.92 Å². The van der Waals surface area contributed by atoms with Crippen LogP contribution in [0.3, 0.4) is 0 Å². The zero-order valence-electron chi connectivity index (χ0n) is 5.70. The van der Waals surface area contributed by atoms with Gasteiger partial charge in [0.2, 0.25) is 0 Å². The second kappa shape index (κ2) is 2.91. The lowest BCUT2D eigenvalue weighted by molar-refractivity contribution is -0.179.